The summed E-state index contributed by atoms with van der Waals surface area (Å²) < 4.78 is 43.8. The molecule has 0 radical (unpaired) electrons. The second-order valence-corrected chi connectivity index (χ2v) is 9.19. The summed E-state index contributed by atoms with van der Waals surface area (Å²) in [4.78, 5) is 22.6. The summed E-state index contributed by atoms with van der Waals surface area (Å²) in [6.07, 6.45) is 3.93. The van der Waals surface area contributed by atoms with Crippen LogP contribution in [0, 0.1) is 23.4 Å². The zero-order chi connectivity index (χ0) is 25.9. The van der Waals surface area contributed by atoms with Crippen molar-refractivity contribution < 1.29 is 18.0 Å². The molecule has 1 aromatic carbocycles. The smallest absolute Gasteiger partial charge is 0.225 e. The van der Waals surface area contributed by atoms with Gasteiger partial charge in [0.2, 0.25) is 11.9 Å². The number of benzene rings is 1. The van der Waals surface area contributed by atoms with Gasteiger partial charge >= 0.3 is 0 Å². The second kappa shape index (κ2) is 10.8. The van der Waals surface area contributed by atoms with E-state index in [0.29, 0.717) is 43.6 Å². The van der Waals surface area contributed by atoms with E-state index in [-0.39, 0.29) is 41.4 Å². The van der Waals surface area contributed by atoms with Crippen molar-refractivity contribution in [1.82, 2.24) is 19.8 Å². The Bertz CT molecular complexity index is 1100. The molecule has 0 unspecified atom stereocenters. The molecule has 1 aliphatic carbocycles. The number of halogens is 3. The Morgan fingerprint density at radius 3 is 2.37 bits per heavy atom. The van der Waals surface area contributed by atoms with E-state index in [4.69, 9.17) is 5.73 Å². The summed E-state index contributed by atoms with van der Waals surface area (Å²) in [5.41, 5.74) is 6.16. The number of nitrogens with one attached hydrogen (secondary N) is 2. The second-order valence-electron chi connectivity index (χ2n) is 9.19. The van der Waals surface area contributed by atoms with Crippen molar-refractivity contribution in [1.29, 1.82) is 0 Å². The number of aromatic nitrogens is 2. The first-order chi connectivity index (χ1) is 16.5. The first-order valence-corrected chi connectivity index (χ1v) is 11.5. The van der Waals surface area contributed by atoms with E-state index < -0.39 is 23.1 Å². The van der Waals surface area contributed by atoms with Crippen LogP contribution in [0.15, 0.2) is 29.5 Å². The summed E-state index contributed by atoms with van der Waals surface area (Å²) in [5, 5.41) is 5.69. The third kappa shape index (κ3) is 6.14. The van der Waals surface area contributed by atoms with E-state index in [1.54, 1.807) is 23.6 Å². The standard InChI is InChI=1S/C24H32F3N7O/c1-13(2)30-14(3)29-12-20-22(28)34(17-8-6-15(7-9-17)23(35)33(4)5)24(31-20)32-21-18(26)10-16(25)11-19(21)27/h10-13,15,17,30H,3,6-9,28H2,1-2,4-5H3,(H,31,32)/b29-12-/t15-,17+. The van der Waals surface area contributed by atoms with Gasteiger partial charge in [-0.15, -0.1) is 0 Å². The van der Waals surface area contributed by atoms with E-state index in [0.717, 1.165) is 0 Å². The van der Waals surface area contributed by atoms with Gasteiger partial charge in [0.1, 0.15) is 28.8 Å². The first kappa shape index (κ1) is 26.1. The van der Waals surface area contributed by atoms with Crippen molar-refractivity contribution >= 4 is 29.6 Å². The minimum absolute atomic E-state index is 0.0693. The molecule has 0 atom stereocenters. The Labute approximate surface area is 203 Å². The lowest BCUT2D eigenvalue weighted by Gasteiger charge is -2.31. The molecule has 1 saturated carbocycles. The fourth-order valence-electron chi connectivity index (χ4n) is 4.24. The summed E-state index contributed by atoms with van der Waals surface area (Å²) in [7, 11) is 3.45. The van der Waals surface area contributed by atoms with Gasteiger partial charge in [-0.05, 0) is 39.5 Å². The van der Waals surface area contributed by atoms with Crippen LogP contribution in [0.25, 0.3) is 0 Å². The van der Waals surface area contributed by atoms with Crippen LogP contribution in [-0.2, 0) is 4.79 Å². The normalized spacial score (nSPS) is 18.2. The molecule has 190 valence electrons. The summed E-state index contributed by atoms with van der Waals surface area (Å²) in [6, 6.07) is 1.13. The molecule has 0 bridgehead atoms. The highest BCUT2D eigenvalue weighted by atomic mass is 19.1. The number of amides is 1. The molecule has 3 rings (SSSR count). The lowest BCUT2D eigenvalue weighted by atomic mass is 9.85. The van der Waals surface area contributed by atoms with Gasteiger partial charge in [-0.3, -0.25) is 9.36 Å². The number of imidazole rings is 1. The zero-order valence-corrected chi connectivity index (χ0v) is 20.4. The summed E-state index contributed by atoms with van der Waals surface area (Å²) in [6.45, 7) is 7.71. The number of carbonyl (C=O) groups is 1. The number of anilines is 3. The van der Waals surface area contributed by atoms with Crippen LogP contribution in [-0.4, -0.2) is 46.7 Å². The maximum atomic E-state index is 14.4. The van der Waals surface area contributed by atoms with Crippen molar-refractivity contribution in [3.8, 4) is 0 Å². The molecule has 8 nitrogen and oxygen atoms in total. The van der Waals surface area contributed by atoms with Crippen LogP contribution in [0.5, 0.6) is 0 Å². The maximum Gasteiger partial charge on any atom is 0.225 e. The van der Waals surface area contributed by atoms with Crippen LogP contribution in [0.3, 0.4) is 0 Å². The Morgan fingerprint density at radius 1 is 1.23 bits per heavy atom. The molecular formula is C24H32F3N7O. The van der Waals surface area contributed by atoms with Gasteiger partial charge in [-0.25, -0.2) is 23.1 Å². The van der Waals surface area contributed by atoms with Crippen LogP contribution in [0.4, 0.5) is 30.6 Å². The minimum Gasteiger partial charge on any atom is -0.383 e. The topological polar surface area (TPSA) is 101 Å². The number of nitrogens with zero attached hydrogens (tertiary/aromatic N) is 4. The van der Waals surface area contributed by atoms with Gasteiger partial charge < -0.3 is 21.3 Å². The molecule has 0 aliphatic heterocycles. The highest BCUT2D eigenvalue weighted by Gasteiger charge is 2.31. The lowest BCUT2D eigenvalue weighted by molar-refractivity contribution is -0.134. The predicted octanol–water partition coefficient (Wildman–Crippen LogP) is 4.33. The van der Waals surface area contributed by atoms with Crippen molar-refractivity contribution in [2.24, 2.45) is 10.9 Å². The fraction of sp³-hybridized carbons (Fsp3) is 0.458. The van der Waals surface area contributed by atoms with Crippen molar-refractivity contribution in [3.63, 3.8) is 0 Å². The van der Waals surface area contributed by atoms with Gasteiger partial charge in [0.15, 0.2) is 11.6 Å². The Hall–Kier alpha value is -3.50. The number of rotatable bonds is 8. The molecule has 1 aromatic heterocycles. The van der Waals surface area contributed by atoms with Gasteiger partial charge in [0.25, 0.3) is 0 Å². The van der Waals surface area contributed by atoms with E-state index in [2.05, 4.69) is 27.2 Å². The Balaban J connectivity index is 1.95. The van der Waals surface area contributed by atoms with Gasteiger partial charge in [-0.1, -0.05) is 6.58 Å². The molecule has 11 heteroatoms. The largest absolute Gasteiger partial charge is 0.383 e. The molecule has 1 aliphatic rings. The minimum atomic E-state index is -1.10. The quantitative estimate of drug-likeness (QED) is 0.477. The SMILES string of the molecule is C=C(/N=C\c1nc(Nc2c(F)cc(F)cc2F)n([C@H]2CC[C@@H](C(=O)N(C)C)CC2)c1N)NC(C)C. The van der Waals surface area contributed by atoms with Crippen LogP contribution < -0.4 is 16.4 Å². The van der Waals surface area contributed by atoms with E-state index >= 15 is 0 Å². The van der Waals surface area contributed by atoms with E-state index in [9.17, 15) is 18.0 Å². The average molecular weight is 492 g/mol. The average Bonchev–Trinajstić information content (AvgIpc) is 3.08. The molecule has 2 aromatic rings. The maximum absolute atomic E-state index is 14.4. The zero-order valence-electron chi connectivity index (χ0n) is 20.4. The summed E-state index contributed by atoms with van der Waals surface area (Å²) >= 11 is 0. The Morgan fingerprint density at radius 2 is 1.83 bits per heavy atom. The van der Waals surface area contributed by atoms with Crippen LogP contribution >= 0.6 is 0 Å². The van der Waals surface area contributed by atoms with Gasteiger partial charge in [0.05, 0.1) is 6.21 Å². The molecule has 1 amide bonds. The molecule has 0 saturated heterocycles. The van der Waals surface area contributed by atoms with Crippen molar-refractivity contribution in [2.45, 2.75) is 51.6 Å². The number of hydrogen-bond acceptors (Lipinski definition) is 6. The highest BCUT2D eigenvalue weighted by molar-refractivity contribution is 5.85. The number of hydrogen-bond donors (Lipinski definition) is 3. The third-order valence-corrected chi connectivity index (χ3v) is 5.87. The molecular weight excluding hydrogens is 459 g/mol. The lowest BCUT2D eigenvalue weighted by Crippen LogP contribution is -2.33. The molecule has 1 heterocycles. The number of nitrogen functional groups attached to an aromatic ring is 1. The fourth-order valence-corrected chi connectivity index (χ4v) is 4.24. The van der Waals surface area contributed by atoms with E-state index in [1.165, 1.54) is 6.21 Å². The number of nitrogens with two attached hydrogens (primary N) is 1. The highest BCUT2D eigenvalue weighted by Crippen LogP contribution is 2.38. The van der Waals surface area contributed by atoms with Crippen molar-refractivity contribution in [2.75, 3.05) is 25.1 Å². The molecule has 0 spiro atoms. The molecule has 1 fully saturated rings. The molecule has 4 N–H and O–H groups in total. The third-order valence-electron chi connectivity index (χ3n) is 5.87. The van der Waals surface area contributed by atoms with Crippen LogP contribution in [0.2, 0.25) is 0 Å². The van der Waals surface area contributed by atoms with E-state index in [1.807, 2.05) is 13.8 Å². The monoisotopic (exact) mass is 491 g/mol. The summed E-state index contributed by atoms with van der Waals surface area (Å²) in [5.74, 6) is -2.50. The Kier molecular flexibility index (Phi) is 8.08. The van der Waals surface area contributed by atoms with Gasteiger partial charge in [-0.2, -0.15) is 0 Å². The van der Waals surface area contributed by atoms with Crippen molar-refractivity contribution in [3.05, 3.63) is 47.7 Å². The number of aliphatic imine (C=N–C) groups is 1. The van der Waals surface area contributed by atoms with Gasteiger partial charge in [0, 0.05) is 44.2 Å². The molecule has 35 heavy (non-hydrogen) atoms. The predicted molar refractivity (Wildman–Crippen MR) is 131 cm³/mol. The van der Waals surface area contributed by atoms with Crippen LogP contribution in [0.1, 0.15) is 51.3 Å². The number of carbonyl (C=O) groups excluding carboxylic acids is 1. The first-order valence-electron chi connectivity index (χ1n) is 11.5.